The SMILES string of the molecule is OC(CCC1CCCC1)c1cc(F)c(Br)cc1F. The Morgan fingerprint density at radius 3 is 2.56 bits per heavy atom. The van der Waals surface area contributed by atoms with Crippen molar-refractivity contribution in [2.24, 2.45) is 5.92 Å². The van der Waals surface area contributed by atoms with Crippen molar-refractivity contribution in [3.8, 4) is 0 Å². The minimum atomic E-state index is -0.909. The van der Waals surface area contributed by atoms with Crippen LogP contribution in [0.3, 0.4) is 0 Å². The van der Waals surface area contributed by atoms with Crippen LogP contribution in [0.2, 0.25) is 0 Å². The van der Waals surface area contributed by atoms with Gasteiger partial charge in [0.15, 0.2) is 0 Å². The number of hydrogen-bond donors (Lipinski definition) is 1. The van der Waals surface area contributed by atoms with E-state index in [4.69, 9.17) is 0 Å². The van der Waals surface area contributed by atoms with E-state index in [1.54, 1.807) is 0 Å². The van der Waals surface area contributed by atoms with E-state index < -0.39 is 17.7 Å². The molecule has 1 aliphatic rings. The number of rotatable bonds is 4. The third kappa shape index (κ3) is 3.29. The highest BCUT2D eigenvalue weighted by Crippen LogP contribution is 2.32. The highest BCUT2D eigenvalue weighted by Gasteiger charge is 2.20. The molecular formula is C14H17BrF2O. The summed E-state index contributed by atoms with van der Waals surface area (Å²) in [5.41, 5.74) is 0.0636. The highest BCUT2D eigenvalue weighted by molar-refractivity contribution is 9.10. The first-order valence-electron chi connectivity index (χ1n) is 6.40. The Morgan fingerprint density at radius 1 is 1.22 bits per heavy atom. The van der Waals surface area contributed by atoms with Gasteiger partial charge < -0.3 is 5.11 Å². The lowest BCUT2D eigenvalue weighted by Gasteiger charge is -2.15. The maximum absolute atomic E-state index is 13.6. The van der Waals surface area contributed by atoms with Gasteiger partial charge in [0.2, 0.25) is 0 Å². The molecule has 0 heterocycles. The van der Waals surface area contributed by atoms with E-state index in [1.807, 2.05) is 0 Å². The van der Waals surface area contributed by atoms with Crippen molar-refractivity contribution in [3.63, 3.8) is 0 Å². The van der Waals surface area contributed by atoms with Crippen LogP contribution in [0.25, 0.3) is 0 Å². The lowest BCUT2D eigenvalue weighted by atomic mass is 9.96. The smallest absolute Gasteiger partial charge is 0.137 e. The molecule has 0 bridgehead atoms. The molecule has 0 amide bonds. The second-order valence-corrected chi connectivity index (χ2v) is 5.89. The average molecular weight is 319 g/mol. The van der Waals surface area contributed by atoms with Gasteiger partial charge in [-0.15, -0.1) is 0 Å². The minimum Gasteiger partial charge on any atom is -0.388 e. The van der Waals surface area contributed by atoms with E-state index in [2.05, 4.69) is 15.9 Å². The predicted molar refractivity (Wildman–Crippen MR) is 70.2 cm³/mol. The molecule has 1 nitrogen and oxygen atoms in total. The van der Waals surface area contributed by atoms with Crippen LogP contribution in [0.4, 0.5) is 8.78 Å². The van der Waals surface area contributed by atoms with Crippen LogP contribution in [0.15, 0.2) is 16.6 Å². The largest absolute Gasteiger partial charge is 0.388 e. The Labute approximate surface area is 114 Å². The number of benzene rings is 1. The normalized spacial score (nSPS) is 18.2. The maximum atomic E-state index is 13.6. The van der Waals surface area contributed by atoms with Crippen LogP contribution >= 0.6 is 15.9 Å². The van der Waals surface area contributed by atoms with Gasteiger partial charge in [-0.3, -0.25) is 0 Å². The molecule has 100 valence electrons. The van der Waals surface area contributed by atoms with E-state index in [9.17, 15) is 13.9 Å². The third-order valence-electron chi connectivity index (χ3n) is 3.72. The summed E-state index contributed by atoms with van der Waals surface area (Å²) in [5.74, 6) is -0.448. The predicted octanol–water partition coefficient (Wildman–Crippen LogP) is 4.73. The summed E-state index contributed by atoms with van der Waals surface area (Å²) < 4.78 is 27.1. The second-order valence-electron chi connectivity index (χ2n) is 5.03. The minimum absolute atomic E-state index is 0.0636. The average Bonchev–Trinajstić information content (AvgIpc) is 2.84. The Kier molecular flexibility index (Phi) is 4.73. The van der Waals surface area contributed by atoms with E-state index >= 15 is 0 Å². The number of halogens is 3. The first kappa shape index (κ1) is 13.9. The quantitative estimate of drug-likeness (QED) is 0.796. The van der Waals surface area contributed by atoms with Crippen LogP contribution in [0, 0.1) is 17.6 Å². The molecular weight excluding hydrogens is 302 g/mol. The van der Waals surface area contributed by atoms with Crippen molar-refractivity contribution >= 4 is 15.9 Å². The molecule has 1 fully saturated rings. The van der Waals surface area contributed by atoms with Crippen LogP contribution < -0.4 is 0 Å². The van der Waals surface area contributed by atoms with Gasteiger partial charge in [-0.05, 0) is 46.8 Å². The Balaban J connectivity index is 1.99. The van der Waals surface area contributed by atoms with E-state index in [-0.39, 0.29) is 10.0 Å². The van der Waals surface area contributed by atoms with E-state index in [0.717, 1.165) is 18.6 Å². The molecule has 4 heteroatoms. The molecule has 0 saturated heterocycles. The molecule has 1 aromatic carbocycles. The fourth-order valence-corrected chi connectivity index (χ4v) is 2.96. The van der Waals surface area contributed by atoms with Crippen LogP contribution in [0.5, 0.6) is 0 Å². The molecule has 1 saturated carbocycles. The summed E-state index contributed by atoms with van der Waals surface area (Å²) in [4.78, 5) is 0. The fraction of sp³-hybridized carbons (Fsp3) is 0.571. The molecule has 1 atom stereocenters. The fourth-order valence-electron chi connectivity index (χ4n) is 2.64. The van der Waals surface area contributed by atoms with Gasteiger partial charge in [0.1, 0.15) is 11.6 Å². The molecule has 1 aromatic rings. The standard InChI is InChI=1S/C14H17BrF2O/c15-11-8-12(16)10(7-13(11)17)14(18)6-5-9-3-1-2-4-9/h7-9,14,18H,1-6H2. The van der Waals surface area contributed by atoms with Crippen molar-refractivity contribution in [2.75, 3.05) is 0 Å². The summed E-state index contributed by atoms with van der Waals surface area (Å²) in [6.45, 7) is 0. The first-order valence-corrected chi connectivity index (χ1v) is 7.19. The summed E-state index contributed by atoms with van der Waals surface area (Å²) in [7, 11) is 0. The van der Waals surface area contributed by atoms with Crippen LogP contribution in [-0.2, 0) is 0 Å². The summed E-state index contributed by atoms with van der Waals surface area (Å²) in [5, 5.41) is 9.96. The monoisotopic (exact) mass is 318 g/mol. The lowest BCUT2D eigenvalue weighted by molar-refractivity contribution is 0.152. The van der Waals surface area contributed by atoms with Crippen molar-refractivity contribution < 1.29 is 13.9 Å². The zero-order chi connectivity index (χ0) is 13.1. The van der Waals surface area contributed by atoms with Gasteiger partial charge in [0.05, 0.1) is 10.6 Å². The third-order valence-corrected chi connectivity index (χ3v) is 4.33. The van der Waals surface area contributed by atoms with Gasteiger partial charge in [0.25, 0.3) is 0 Å². The second kappa shape index (κ2) is 6.11. The summed E-state index contributed by atoms with van der Waals surface area (Å²) in [6, 6.07) is 2.15. The maximum Gasteiger partial charge on any atom is 0.137 e. The first-order chi connectivity index (χ1) is 8.58. The van der Waals surface area contributed by atoms with Gasteiger partial charge in [0, 0.05) is 5.56 Å². The molecule has 0 aromatic heterocycles. The molecule has 1 N–H and O–H groups in total. The van der Waals surface area contributed by atoms with Crippen LogP contribution in [0.1, 0.15) is 50.2 Å². The Morgan fingerprint density at radius 2 is 1.89 bits per heavy atom. The van der Waals surface area contributed by atoms with Crippen molar-refractivity contribution in [1.82, 2.24) is 0 Å². The molecule has 2 rings (SSSR count). The van der Waals surface area contributed by atoms with Gasteiger partial charge in [-0.25, -0.2) is 8.78 Å². The van der Waals surface area contributed by atoms with Gasteiger partial charge >= 0.3 is 0 Å². The highest BCUT2D eigenvalue weighted by atomic mass is 79.9. The van der Waals surface area contributed by atoms with Crippen LogP contribution in [-0.4, -0.2) is 5.11 Å². The number of aliphatic hydroxyl groups excluding tert-OH is 1. The molecule has 1 unspecified atom stereocenters. The lowest BCUT2D eigenvalue weighted by Crippen LogP contribution is -2.04. The zero-order valence-electron chi connectivity index (χ0n) is 10.1. The van der Waals surface area contributed by atoms with Crippen molar-refractivity contribution in [1.29, 1.82) is 0 Å². The molecule has 0 aliphatic heterocycles. The molecule has 1 aliphatic carbocycles. The molecule has 18 heavy (non-hydrogen) atoms. The summed E-state index contributed by atoms with van der Waals surface area (Å²) >= 11 is 2.93. The molecule has 0 spiro atoms. The Bertz CT molecular complexity index is 417. The van der Waals surface area contributed by atoms with E-state index in [1.165, 1.54) is 25.7 Å². The number of aliphatic hydroxyl groups is 1. The van der Waals surface area contributed by atoms with Gasteiger partial charge in [-0.1, -0.05) is 25.7 Å². The van der Waals surface area contributed by atoms with Crippen molar-refractivity contribution in [3.05, 3.63) is 33.8 Å². The van der Waals surface area contributed by atoms with Gasteiger partial charge in [-0.2, -0.15) is 0 Å². The van der Waals surface area contributed by atoms with Crippen molar-refractivity contribution in [2.45, 2.75) is 44.6 Å². The zero-order valence-corrected chi connectivity index (χ0v) is 11.7. The molecule has 0 radical (unpaired) electrons. The summed E-state index contributed by atoms with van der Waals surface area (Å²) in [6.07, 6.45) is 5.38. The number of hydrogen-bond acceptors (Lipinski definition) is 1. The van der Waals surface area contributed by atoms with E-state index in [0.29, 0.717) is 12.3 Å². The topological polar surface area (TPSA) is 20.2 Å². The Hall–Kier alpha value is -0.480.